The smallest absolute Gasteiger partial charge is 0.243 e. The van der Waals surface area contributed by atoms with Gasteiger partial charge in [0.25, 0.3) is 0 Å². The summed E-state index contributed by atoms with van der Waals surface area (Å²) in [6.07, 6.45) is 4.38. The van der Waals surface area contributed by atoms with Gasteiger partial charge in [0.2, 0.25) is 10.0 Å². The third-order valence-electron chi connectivity index (χ3n) is 4.22. The highest BCUT2D eigenvalue weighted by atomic mass is 32.2. The van der Waals surface area contributed by atoms with Crippen molar-refractivity contribution in [3.8, 4) is 6.07 Å². The Balaban J connectivity index is 2.23. The van der Waals surface area contributed by atoms with Gasteiger partial charge >= 0.3 is 0 Å². The molecular formula is C14H19N3O2S. The second kappa shape index (κ2) is 5.90. The molecule has 0 aliphatic heterocycles. The minimum atomic E-state index is -3.69. The van der Waals surface area contributed by atoms with Crippen LogP contribution in [0.4, 0.5) is 0 Å². The van der Waals surface area contributed by atoms with Gasteiger partial charge in [-0.3, -0.25) is 0 Å². The first-order valence-electron chi connectivity index (χ1n) is 6.87. The van der Waals surface area contributed by atoms with Gasteiger partial charge in [-0.1, -0.05) is 20.3 Å². The van der Waals surface area contributed by atoms with Crippen molar-refractivity contribution in [2.24, 2.45) is 11.8 Å². The number of nitrogens with one attached hydrogen (secondary N) is 1. The molecule has 1 aromatic heterocycles. The van der Waals surface area contributed by atoms with E-state index in [1.165, 1.54) is 18.3 Å². The zero-order valence-corrected chi connectivity index (χ0v) is 12.5. The van der Waals surface area contributed by atoms with E-state index >= 15 is 0 Å². The normalized spacial score (nSPS) is 26.4. The Morgan fingerprint density at radius 2 is 2.25 bits per heavy atom. The Hall–Kier alpha value is -1.45. The standard InChI is InChI=1S/C14H19N3O2S/c1-3-11-6-7-12(10(11)2)17-20(18,19)14-5-4-8-16-13(14)9-15/h4-5,8,10-12,17H,3,6-7H2,1-2H3. The first-order valence-corrected chi connectivity index (χ1v) is 8.35. The molecule has 1 aromatic rings. The number of rotatable bonds is 4. The lowest BCUT2D eigenvalue weighted by Crippen LogP contribution is -2.37. The topological polar surface area (TPSA) is 82.8 Å². The zero-order valence-electron chi connectivity index (χ0n) is 11.7. The molecule has 0 bridgehead atoms. The number of aromatic nitrogens is 1. The number of hydrogen-bond donors (Lipinski definition) is 1. The summed E-state index contributed by atoms with van der Waals surface area (Å²) in [6.45, 7) is 4.22. The first kappa shape index (κ1) is 14.9. The van der Waals surface area contributed by atoms with Gasteiger partial charge in [0, 0.05) is 12.2 Å². The maximum absolute atomic E-state index is 12.4. The van der Waals surface area contributed by atoms with E-state index in [0.29, 0.717) is 11.8 Å². The monoisotopic (exact) mass is 293 g/mol. The van der Waals surface area contributed by atoms with E-state index in [9.17, 15) is 8.42 Å². The summed E-state index contributed by atoms with van der Waals surface area (Å²) < 4.78 is 27.6. The maximum atomic E-state index is 12.4. The fourth-order valence-corrected chi connectivity index (χ4v) is 4.41. The number of pyridine rings is 1. The molecule has 0 radical (unpaired) electrons. The molecule has 3 atom stereocenters. The molecule has 1 aliphatic carbocycles. The Kier molecular flexibility index (Phi) is 4.41. The molecule has 1 fully saturated rings. The molecular weight excluding hydrogens is 274 g/mol. The van der Waals surface area contributed by atoms with Crippen LogP contribution in [0.25, 0.3) is 0 Å². The lowest BCUT2D eigenvalue weighted by Gasteiger charge is -2.21. The molecule has 0 saturated heterocycles. The number of hydrogen-bond acceptors (Lipinski definition) is 4. The molecule has 1 saturated carbocycles. The third kappa shape index (κ3) is 2.84. The van der Waals surface area contributed by atoms with Crippen molar-refractivity contribution in [2.75, 3.05) is 0 Å². The summed E-state index contributed by atoms with van der Waals surface area (Å²) in [5.41, 5.74) is -0.0577. The van der Waals surface area contributed by atoms with E-state index in [0.717, 1.165) is 19.3 Å². The molecule has 2 rings (SSSR count). The number of nitrogens with zero attached hydrogens (tertiary/aromatic N) is 2. The van der Waals surface area contributed by atoms with Crippen molar-refractivity contribution in [1.82, 2.24) is 9.71 Å². The Morgan fingerprint density at radius 1 is 1.50 bits per heavy atom. The molecule has 0 aromatic carbocycles. The van der Waals surface area contributed by atoms with Crippen LogP contribution in [0, 0.1) is 23.2 Å². The molecule has 0 spiro atoms. The fraction of sp³-hybridized carbons (Fsp3) is 0.571. The van der Waals surface area contributed by atoms with Gasteiger partial charge in [-0.05, 0) is 36.8 Å². The van der Waals surface area contributed by atoms with Gasteiger partial charge in [0.15, 0.2) is 5.69 Å². The molecule has 3 unspecified atom stereocenters. The maximum Gasteiger partial charge on any atom is 0.243 e. The Bertz CT molecular complexity index is 622. The van der Waals surface area contributed by atoms with Crippen LogP contribution in [0.5, 0.6) is 0 Å². The van der Waals surface area contributed by atoms with Crippen molar-refractivity contribution in [2.45, 2.75) is 44.0 Å². The van der Waals surface area contributed by atoms with Gasteiger partial charge in [-0.15, -0.1) is 0 Å². The minimum absolute atomic E-state index is 0.0327. The summed E-state index contributed by atoms with van der Waals surface area (Å²) in [7, 11) is -3.69. The van der Waals surface area contributed by atoms with Crippen molar-refractivity contribution >= 4 is 10.0 Å². The van der Waals surface area contributed by atoms with Crippen molar-refractivity contribution in [3.63, 3.8) is 0 Å². The second-order valence-electron chi connectivity index (χ2n) is 5.29. The minimum Gasteiger partial charge on any atom is -0.244 e. The molecule has 108 valence electrons. The van der Waals surface area contributed by atoms with E-state index < -0.39 is 10.0 Å². The van der Waals surface area contributed by atoms with E-state index in [4.69, 9.17) is 5.26 Å². The largest absolute Gasteiger partial charge is 0.244 e. The van der Waals surface area contributed by atoms with Gasteiger partial charge in [-0.25, -0.2) is 18.1 Å². The highest BCUT2D eigenvalue weighted by Crippen LogP contribution is 2.34. The van der Waals surface area contributed by atoms with Crippen LogP contribution in [-0.2, 0) is 10.0 Å². The van der Waals surface area contributed by atoms with Gasteiger partial charge < -0.3 is 0 Å². The number of sulfonamides is 1. The van der Waals surface area contributed by atoms with Crippen LogP contribution in [-0.4, -0.2) is 19.4 Å². The Labute approximate surface area is 120 Å². The van der Waals surface area contributed by atoms with E-state index in [2.05, 4.69) is 23.6 Å². The van der Waals surface area contributed by atoms with Gasteiger partial charge in [-0.2, -0.15) is 5.26 Å². The fourth-order valence-electron chi connectivity index (χ4n) is 2.94. The molecule has 5 nitrogen and oxygen atoms in total. The van der Waals surface area contributed by atoms with Crippen LogP contribution >= 0.6 is 0 Å². The van der Waals surface area contributed by atoms with Crippen LogP contribution < -0.4 is 4.72 Å². The SMILES string of the molecule is CCC1CCC(NS(=O)(=O)c2cccnc2C#N)C1C. The zero-order chi connectivity index (χ0) is 14.8. The molecule has 1 aliphatic rings. The van der Waals surface area contributed by atoms with E-state index in [1.807, 2.05) is 6.07 Å². The quantitative estimate of drug-likeness (QED) is 0.921. The van der Waals surface area contributed by atoms with Crippen molar-refractivity contribution in [1.29, 1.82) is 5.26 Å². The van der Waals surface area contributed by atoms with E-state index in [1.54, 1.807) is 0 Å². The van der Waals surface area contributed by atoms with Gasteiger partial charge in [0.05, 0.1) is 0 Å². The van der Waals surface area contributed by atoms with Gasteiger partial charge in [0.1, 0.15) is 11.0 Å². The van der Waals surface area contributed by atoms with Crippen LogP contribution in [0.1, 0.15) is 38.8 Å². The highest BCUT2D eigenvalue weighted by molar-refractivity contribution is 7.89. The highest BCUT2D eigenvalue weighted by Gasteiger charge is 2.35. The van der Waals surface area contributed by atoms with Crippen molar-refractivity contribution < 1.29 is 8.42 Å². The molecule has 0 amide bonds. The summed E-state index contributed by atoms with van der Waals surface area (Å²) in [5.74, 6) is 0.879. The average molecular weight is 293 g/mol. The van der Waals surface area contributed by atoms with Crippen LogP contribution in [0.15, 0.2) is 23.2 Å². The predicted molar refractivity (Wildman–Crippen MR) is 75.2 cm³/mol. The average Bonchev–Trinajstić information content (AvgIpc) is 2.79. The van der Waals surface area contributed by atoms with Crippen LogP contribution in [0.3, 0.4) is 0 Å². The summed E-state index contributed by atoms with van der Waals surface area (Å²) in [5, 5.41) is 8.97. The van der Waals surface area contributed by atoms with Crippen molar-refractivity contribution in [3.05, 3.63) is 24.0 Å². The Morgan fingerprint density at radius 3 is 2.85 bits per heavy atom. The second-order valence-corrected chi connectivity index (χ2v) is 6.98. The molecule has 6 heteroatoms. The van der Waals surface area contributed by atoms with E-state index in [-0.39, 0.29) is 16.6 Å². The molecule has 1 N–H and O–H groups in total. The lowest BCUT2D eigenvalue weighted by molar-refractivity contribution is 0.368. The number of nitriles is 1. The molecule has 1 heterocycles. The molecule has 20 heavy (non-hydrogen) atoms. The summed E-state index contributed by atoms with van der Waals surface area (Å²) in [6, 6.07) is 4.72. The lowest BCUT2D eigenvalue weighted by atomic mass is 9.94. The summed E-state index contributed by atoms with van der Waals surface area (Å²) in [4.78, 5) is 3.78. The predicted octanol–water partition coefficient (Wildman–Crippen LogP) is 2.06. The first-order chi connectivity index (χ1) is 9.49. The third-order valence-corrected chi connectivity index (χ3v) is 5.75. The summed E-state index contributed by atoms with van der Waals surface area (Å²) >= 11 is 0. The van der Waals surface area contributed by atoms with Crippen LogP contribution in [0.2, 0.25) is 0 Å².